The first-order valence-electron chi connectivity index (χ1n) is 13.0. The minimum Gasteiger partial charge on any atom is -0.345 e. The van der Waals surface area contributed by atoms with Crippen LogP contribution in [0.1, 0.15) is 15.9 Å². The number of anilines is 4. The van der Waals surface area contributed by atoms with Crippen molar-refractivity contribution >= 4 is 61.2 Å². The van der Waals surface area contributed by atoms with Crippen LogP contribution in [0.15, 0.2) is 85.3 Å². The number of nitrogens with zero attached hydrogens (tertiary/aromatic N) is 6. The lowest BCUT2D eigenvalue weighted by molar-refractivity contribution is 0.102. The standard InChI is InChI=1S/C29H27N9O3S/c1-37(26-12-13-30-28(35-26)33-21-7-5-6-19(14-21)16-42(2,40)41)18-38-25-9-4-3-8-23(25)34-29(38)36-27(39)20-10-11-22-24(15-20)32-17-31-22/h3-15,17H,16,18H2,1-2H3,(H,31,32)(H,30,33,35)(H,34,36,39). The summed E-state index contributed by atoms with van der Waals surface area (Å²) in [6, 6.07) is 21.8. The van der Waals surface area contributed by atoms with Crippen molar-refractivity contribution < 1.29 is 13.2 Å². The number of amides is 1. The smallest absolute Gasteiger partial charge is 0.258 e. The first-order valence-corrected chi connectivity index (χ1v) is 15.1. The molecule has 3 heterocycles. The highest BCUT2D eigenvalue weighted by atomic mass is 32.2. The van der Waals surface area contributed by atoms with E-state index in [1.165, 1.54) is 6.26 Å². The van der Waals surface area contributed by atoms with Gasteiger partial charge in [0.05, 0.1) is 40.8 Å². The van der Waals surface area contributed by atoms with Gasteiger partial charge in [0.15, 0.2) is 9.84 Å². The van der Waals surface area contributed by atoms with Crippen molar-refractivity contribution in [3.63, 3.8) is 0 Å². The summed E-state index contributed by atoms with van der Waals surface area (Å²) in [5.41, 5.74) is 4.96. The Morgan fingerprint density at radius 1 is 0.976 bits per heavy atom. The maximum atomic E-state index is 13.2. The molecule has 12 nitrogen and oxygen atoms in total. The highest BCUT2D eigenvalue weighted by molar-refractivity contribution is 7.89. The largest absolute Gasteiger partial charge is 0.345 e. The number of fused-ring (bicyclic) bond motifs is 2. The average Bonchev–Trinajstić information content (AvgIpc) is 3.56. The zero-order valence-corrected chi connectivity index (χ0v) is 23.6. The fraction of sp³-hybridized carbons (Fsp3) is 0.138. The van der Waals surface area contributed by atoms with Crippen LogP contribution in [0, 0.1) is 0 Å². The maximum Gasteiger partial charge on any atom is 0.258 e. The summed E-state index contributed by atoms with van der Waals surface area (Å²) >= 11 is 0. The summed E-state index contributed by atoms with van der Waals surface area (Å²) in [6.07, 6.45) is 4.43. The van der Waals surface area contributed by atoms with Crippen LogP contribution in [0.25, 0.3) is 22.1 Å². The lowest BCUT2D eigenvalue weighted by Crippen LogP contribution is -2.25. The molecule has 0 radical (unpaired) electrons. The monoisotopic (exact) mass is 581 g/mol. The minimum absolute atomic E-state index is 0.0539. The van der Waals surface area contributed by atoms with Gasteiger partial charge in [-0.1, -0.05) is 24.3 Å². The van der Waals surface area contributed by atoms with Crippen LogP contribution >= 0.6 is 0 Å². The number of benzene rings is 3. The van der Waals surface area contributed by atoms with E-state index in [1.807, 2.05) is 46.8 Å². The van der Waals surface area contributed by atoms with Gasteiger partial charge in [-0.25, -0.2) is 23.4 Å². The van der Waals surface area contributed by atoms with E-state index in [2.05, 4.69) is 35.6 Å². The van der Waals surface area contributed by atoms with Gasteiger partial charge in [0.25, 0.3) is 5.91 Å². The fourth-order valence-electron chi connectivity index (χ4n) is 4.64. The number of carbonyl (C=O) groups is 1. The van der Waals surface area contributed by atoms with Gasteiger partial charge in [0.1, 0.15) is 5.82 Å². The second-order valence-corrected chi connectivity index (χ2v) is 12.1. The first kappa shape index (κ1) is 26.9. The molecule has 0 aliphatic carbocycles. The number of hydrogen-bond acceptors (Lipinski definition) is 9. The molecule has 0 unspecified atom stereocenters. The predicted molar refractivity (Wildman–Crippen MR) is 162 cm³/mol. The Morgan fingerprint density at radius 3 is 2.69 bits per heavy atom. The van der Waals surface area contributed by atoms with E-state index in [-0.39, 0.29) is 11.7 Å². The molecule has 3 aromatic heterocycles. The molecule has 212 valence electrons. The number of hydrogen-bond donors (Lipinski definition) is 3. The number of carbonyl (C=O) groups excluding carboxylic acids is 1. The van der Waals surface area contributed by atoms with E-state index in [4.69, 9.17) is 0 Å². The summed E-state index contributed by atoms with van der Waals surface area (Å²) in [6.45, 7) is 0.329. The summed E-state index contributed by atoms with van der Waals surface area (Å²) < 4.78 is 25.3. The van der Waals surface area contributed by atoms with E-state index < -0.39 is 9.84 Å². The van der Waals surface area contributed by atoms with Gasteiger partial charge in [-0.2, -0.15) is 4.98 Å². The fourth-order valence-corrected chi connectivity index (χ4v) is 5.43. The highest BCUT2D eigenvalue weighted by Crippen LogP contribution is 2.24. The molecule has 0 atom stereocenters. The number of aromatic nitrogens is 6. The number of para-hydroxylation sites is 2. The Bertz CT molecular complexity index is 2040. The first-order chi connectivity index (χ1) is 20.2. The quantitative estimate of drug-likeness (QED) is 0.227. The molecule has 42 heavy (non-hydrogen) atoms. The van der Waals surface area contributed by atoms with Crippen LogP contribution in [0.4, 0.5) is 23.4 Å². The zero-order chi connectivity index (χ0) is 29.3. The number of sulfone groups is 1. The number of imidazole rings is 2. The third-order valence-electron chi connectivity index (χ3n) is 6.56. The molecule has 6 aromatic rings. The Balaban J connectivity index is 1.24. The van der Waals surface area contributed by atoms with Crippen LogP contribution in [0.2, 0.25) is 0 Å². The Hall–Kier alpha value is -5.30. The number of aromatic amines is 1. The molecule has 13 heteroatoms. The van der Waals surface area contributed by atoms with E-state index >= 15 is 0 Å². The van der Waals surface area contributed by atoms with Crippen molar-refractivity contribution in [3.8, 4) is 0 Å². The molecule has 0 aliphatic heterocycles. The summed E-state index contributed by atoms with van der Waals surface area (Å²) in [7, 11) is -1.28. The number of H-pyrrole nitrogens is 1. The Morgan fingerprint density at radius 2 is 1.83 bits per heavy atom. The van der Waals surface area contributed by atoms with Crippen LogP contribution in [-0.4, -0.2) is 57.1 Å². The maximum absolute atomic E-state index is 13.2. The third-order valence-corrected chi connectivity index (χ3v) is 7.42. The van der Waals surface area contributed by atoms with E-state index in [1.54, 1.807) is 55.0 Å². The summed E-state index contributed by atoms with van der Waals surface area (Å²) in [5, 5.41) is 6.11. The number of rotatable bonds is 9. The molecule has 0 fully saturated rings. The van der Waals surface area contributed by atoms with E-state index in [0.717, 1.165) is 22.1 Å². The van der Waals surface area contributed by atoms with Gasteiger partial charge >= 0.3 is 0 Å². The van der Waals surface area contributed by atoms with E-state index in [9.17, 15) is 13.2 Å². The van der Waals surface area contributed by atoms with Crippen molar-refractivity contribution in [1.82, 2.24) is 29.5 Å². The minimum atomic E-state index is -3.16. The van der Waals surface area contributed by atoms with Gasteiger partial charge in [-0.05, 0) is 54.1 Å². The molecule has 0 saturated heterocycles. The molecule has 0 saturated carbocycles. The van der Waals surface area contributed by atoms with Gasteiger partial charge < -0.3 is 15.2 Å². The predicted octanol–water partition coefficient (Wildman–Crippen LogP) is 4.34. The molecule has 1 amide bonds. The van der Waals surface area contributed by atoms with Crippen molar-refractivity contribution in [3.05, 3.63) is 96.4 Å². The second kappa shape index (κ2) is 10.9. The Labute approximate surface area is 241 Å². The van der Waals surface area contributed by atoms with Crippen LogP contribution in [0.5, 0.6) is 0 Å². The summed E-state index contributed by atoms with van der Waals surface area (Å²) in [5.74, 6) is 1.03. The van der Waals surface area contributed by atoms with Crippen LogP contribution in [-0.2, 0) is 22.3 Å². The molecule has 0 spiro atoms. The lowest BCUT2D eigenvalue weighted by Gasteiger charge is -2.21. The molecule has 0 bridgehead atoms. The molecule has 3 aromatic carbocycles. The topological polar surface area (TPSA) is 151 Å². The van der Waals surface area contributed by atoms with Crippen LogP contribution < -0.4 is 15.5 Å². The zero-order valence-electron chi connectivity index (χ0n) is 22.8. The van der Waals surface area contributed by atoms with Crippen molar-refractivity contribution in [2.24, 2.45) is 0 Å². The highest BCUT2D eigenvalue weighted by Gasteiger charge is 2.17. The molecule has 3 N–H and O–H groups in total. The van der Waals surface area contributed by atoms with Crippen molar-refractivity contribution in [2.45, 2.75) is 12.4 Å². The molecule has 0 aliphatic rings. The van der Waals surface area contributed by atoms with E-state index in [0.29, 0.717) is 41.2 Å². The number of nitrogens with one attached hydrogen (secondary N) is 3. The third kappa shape index (κ3) is 5.90. The Kier molecular flexibility index (Phi) is 7.00. The molecule has 6 rings (SSSR count). The van der Waals surface area contributed by atoms with Crippen LogP contribution in [0.3, 0.4) is 0 Å². The normalized spacial score (nSPS) is 11.6. The van der Waals surface area contributed by atoms with Gasteiger partial charge in [-0.15, -0.1) is 0 Å². The molecular weight excluding hydrogens is 554 g/mol. The molecular formula is C29H27N9O3S. The second-order valence-electron chi connectivity index (χ2n) is 9.91. The lowest BCUT2D eigenvalue weighted by atomic mass is 10.2. The van der Waals surface area contributed by atoms with Gasteiger partial charge in [-0.3, -0.25) is 14.7 Å². The average molecular weight is 582 g/mol. The van der Waals surface area contributed by atoms with Gasteiger partial charge in [0, 0.05) is 30.8 Å². The van der Waals surface area contributed by atoms with Gasteiger partial charge in [0.2, 0.25) is 11.9 Å². The van der Waals surface area contributed by atoms with Crippen molar-refractivity contribution in [2.75, 3.05) is 28.8 Å². The summed E-state index contributed by atoms with van der Waals surface area (Å²) in [4.78, 5) is 36.0. The SMILES string of the molecule is CN(Cn1c(NC(=O)c2ccc3nc[nH]c3c2)nc2ccccc21)c1ccnc(Nc2cccc(CS(C)(=O)=O)c2)n1. The van der Waals surface area contributed by atoms with Crippen molar-refractivity contribution in [1.29, 1.82) is 0 Å².